The summed E-state index contributed by atoms with van der Waals surface area (Å²) in [7, 11) is 1.64. The third-order valence-electron chi connectivity index (χ3n) is 5.84. The van der Waals surface area contributed by atoms with Gasteiger partial charge in [0.1, 0.15) is 11.4 Å². The Bertz CT molecular complexity index is 1750. The van der Waals surface area contributed by atoms with Gasteiger partial charge in [0.25, 0.3) is 5.56 Å². The SMILES string of the molecule is COc1ccc(-c2nn(-c3ccccc3)cc2/C=c2/sc3nc(Cc4ccccc4)nn3c2=O)cc1. The van der Waals surface area contributed by atoms with E-state index in [2.05, 4.69) is 10.1 Å². The molecule has 6 aromatic rings. The fourth-order valence-corrected chi connectivity index (χ4v) is 4.97. The molecule has 7 nitrogen and oxygen atoms in total. The van der Waals surface area contributed by atoms with Crippen LogP contribution in [0.15, 0.2) is 95.9 Å². The van der Waals surface area contributed by atoms with Gasteiger partial charge in [0.15, 0.2) is 5.82 Å². The van der Waals surface area contributed by atoms with Crippen LogP contribution in [0.1, 0.15) is 17.0 Å². The first-order valence-corrected chi connectivity index (χ1v) is 12.2. The average Bonchev–Trinajstić information content (AvgIpc) is 3.60. The molecule has 0 aliphatic carbocycles. The number of ether oxygens (including phenoxy) is 1. The summed E-state index contributed by atoms with van der Waals surface area (Å²) in [4.78, 5) is 18.4. The number of hydrogen-bond acceptors (Lipinski definition) is 6. The highest BCUT2D eigenvalue weighted by molar-refractivity contribution is 7.15. The molecule has 0 aliphatic rings. The van der Waals surface area contributed by atoms with Crippen LogP contribution in [-0.4, -0.2) is 31.5 Å². The summed E-state index contributed by atoms with van der Waals surface area (Å²) in [6.45, 7) is 0. The predicted molar refractivity (Wildman–Crippen MR) is 141 cm³/mol. The lowest BCUT2D eigenvalue weighted by atomic mass is 10.1. The number of hydrogen-bond donors (Lipinski definition) is 0. The number of para-hydroxylation sites is 1. The molecule has 0 amide bonds. The first-order chi connectivity index (χ1) is 17.7. The van der Waals surface area contributed by atoms with Gasteiger partial charge in [0, 0.05) is 23.7 Å². The van der Waals surface area contributed by atoms with E-state index in [1.165, 1.54) is 15.9 Å². The van der Waals surface area contributed by atoms with Crippen LogP contribution >= 0.6 is 11.3 Å². The summed E-state index contributed by atoms with van der Waals surface area (Å²) < 4.78 is 9.07. The van der Waals surface area contributed by atoms with E-state index in [1.54, 1.807) is 7.11 Å². The summed E-state index contributed by atoms with van der Waals surface area (Å²) in [5, 5.41) is 9.31. The van der Waals surface area contributed by atoms with Gasteiger partial charge in [-0.25, -0.2) is 9.67 Å². The van der Waals surface area contributed by atoms with Gasteiger partial charge in [-0.2, -0.15) is 9.61 Å². The Morgan fingerprint density at radius 2 is 1.64 bits per heavy atom. The minimum atomic E-state index is -0.185. The van der Waals surface area contributed by atoms with Crippen LogP contribution in [0.2, 0.25) is 0 Å². The molecule has 0 bridgehead atoms. The van der Waals surface area contributed by atoms with Crippen molar-refractivity contribution >= 4 is 22.4 Å². The van der Waals surface area contributed by atoms with Crippen molar-refractivity contribution in [2.75, 3.05) is 7.11 Å². The van der Waals surface area contributed by atoms with Crippen molar-refractivity contribution in [2.45, 2.75) is 6.42 Å². The number of nitrogens with zero attached hydrogens (tertiary/aromatic N) is 5. The molecule has 0 unspecified atom stereocenters. The summed E-state index contributed by atoms with van der Waals surface area (Å²) >= 11 is 1.33. The van der Waals surface area contributed by atoms with Gasteiger partial charge in [-0.1, -0.05) is 59.9 Å². The molecule has 3 aromatic carbocycles. The summed E-state index contributed by atoms with van der Waals surface area (Å²) in [5.41, 5.74) is 4.37. The molecular formula is C28H21N5O2S. The lowest BCUT2D eigenvalue weighted by Crippen LogP contribution is -2.23. The zero-order chi connectivity index (χ0) is 24.5. The third-order valence-corrected chi connectivity index (χ3v) is 6.80. The molecule has 0 spiro atoms. The molecule has 0 radical (unpaired) electrons. The Morgan fingerprint density at radius 3 is 2.33 bits per heavy atom. The molecule has 36 heavy (non-hydrogen) atoms. The molecule has 176 valence electrons. The fourth-order valence-electron chi connectivity index (χ4n) is 4.05. The predicted octanol–water partition coefficient (Wildman–Crippen LogP) is 4.15. The van der Waals surface area contributed by atoms with Crippen LogP contribution in [0.3, 0.4) is 0 Å². The maximum atomic E-state index is 13.2. The molecule has 3 aromatic heterocycles. The lowest BCUT2D eigenvalue weighted by Gasteiger charge is -2.02. The Hall–Kier alpha value is -4.56. The Morgan fingerprint density at radius 1 is 0.917 bits per heavy atom. The smallest absolute Gasteiger partial charge is 0.291 e. The minimum absolute atomic E-state index is 0.185. The quantitative estimate of drug-likeness (QED) is 0.350. The Kier molecular flexibility index (Phi) is 5.63. The van der Waals surface area contributed by atoms with Crippen molar-refractivity contribution in [2.24, 2.45) is 0 Å². The maximum absolute atomic E-state index is 13.2. The van der Waals surface area contributed by atoms with Crippen LogP contribution in [0, 0.1) is 0 Å². The van der Waals surface area contributed by atoms with Crippen LogP contribution in [0.25, 0.3) is 28.0 Å². The number of benzene rings is 3. The van der Waals surface area contributed by atoms with Crippen LogP contribution in [-0.2, 0) is 6.42 Å². The molecular weight excluding hydrogens is 470 g/mol. The molecule has 6 rings (SSSR count). The number of aromatic nitrogens is 5. The van der Waals surface area contributed by atoms with E-state index in [-0.39, 0.29) is 5.56 Å². The lowest BCUT2D eigenvalue weighted by molar-refractivity contribution is 0.415. The normalized spacial score (nSPS) is 11.9. The monoisotopic (exact) mass is 491 g/mol. The van der Waals surface area contributed by atoms with E-state index in [4.69, 9.17) is 9.84 Å². The molecule has 0 N–H and O–H groups in total. The van der Waals surface area contributed by atoms with Gasteiger partial charge in [0.2, 0.25) is 4.96 Å². The van der Waals surface area contributed by atoms with Crippen LogP contribution in [0.4, 0.5) is 0 Å². The maximum Gasteiger partial charge on any atom is 0.291 e. The van der Waals surface area contributed by atoms with Gasteiger partial charge in [-0.15, -0.1) is 5.10 Å². The van der Waals surface area contributed by atoms with Crippen LogP contribution in [0.5, 0.6) is 5.75 Å². The molecule has 0 fully saturated rings. The Labute approximate surface area is 210 Å². The van der Waals surface area contributed by atoms with E-state index < -0.39 is 0 Å². The number of fused-ring (bicyclic) bond motifs is 1. The fraction of sp³-hybridized carbons (Fsp3) is 0.0714. The topological polar surface area (TPSA) is 74.3 Å². The first kappa shape index (κ1) is 21.9. The highest BCUT2D eigenvalue weighted by Crippen LogP contribution is 2.26. The van der Waals surface area contributed by atoms with Crippen LogP contribution < -0.4 is 14.8 Å². The van der Waals surface area contributed by atoms with Gasteiger partial charge in [-0.05, 0) is 48.0 Å². The highest BCUT2D eigenvalue weighted by Gasteiger charge is 2.14. The van der Waals surface area contributed by atoms with E-state index in [9.17, 15) is 4.79 Å². The second-order valence-corrected chi connectivity index (χ2v) is 9.25. The number of methoxy groups -OCH3 is 1. The van der Waals surface area contributed by atoms with Gasteiger partial charge in [-0.3, -0.25) is 4.79 Å². The van der Waals surface area contributed by atoms with E-state index >= 15 is 0 Å². The molecule has 8 heteroatoms. The van der Waals surface area contributed by atoms with Crippen molar-refractivity contribution in [1.29, 1.82) is 0 Å². The largest absolute Gasteiger partial charge is 0.497 e. The second-order valence-electron chi connectivity index (χ2n) is 8.24. The van der Waals surface area contributed by atoms with Crippen molar-refractivity contribution in [3.8, 4) is 22.7 Å². The van der Waals surface area contributed by atoms with Crippen molar-refractivity contribution < 1.29 is 4.74 Å². The highest BCUT2D eigenvalue weighted by atomic mass is 32.1. The summed E-state index contributed by atoms with van der Waals surface area (Å²) in [6.07, 6.45) is 4.39. The molecule has 0 saturated carbocycles. The van der Waals surface area contributed by atoms with E-state index in [1.807, 2.05) is 102 Å². The van der Waals surface area contributed by atoms with Crippen molar-refractivity contribution in [3.63, 3.8) is 0 Å². The van der Waals surface area contributed by atoms with Gasteiger partial charge >= 0.3 is 0 Å². The zero-order valence-corrected chi connectivity index (χ0v) is 20.2. The molecule has 0 aliphatic heterocycles. The standard InChI is InChI=1S/C28H21N5O2S/c1-35-23-14-12-20(13-15-23)26-21(18-32(31-26)22-10-6-3-7-11-22)17-24-27(34)33-28(36-24)29-25(30-33)16-19-8-4-2-5-9-19/h2-15,17-18H,16H2,1H3/b24-17+. The molecule has 3 heterocycles. The van der Waals surface area contributed by atoms with Crippen molar-refractivity contribution in [1.82, 2.24) is 24.4 Å². The summed E-state index contributed by atoms with van der Waals surface area (Å²) in [6, 6.07) is 27.6. The summed E-state index contributed by atoms with van der Waals surface area (Å²) in [5.74, 6) is 1.40. The van der Waals surface area contributed by atoms with Gasteiger partial charge < -0.3 is 4.74 Å². The minimum Gasteiger partial charge on any atom is -0.497 e. The molecule has 0 saturated heterocycles. The van der Waals surface area contributed by atoms with E-state index in [0.29, 0.717) is 21.7 Å². The first-order valence-electron chi connectivity index (χ1n) is 11.4. The number of thiazole rings is 1. The number of rotatable bonds is 6. The molecule has 0 atom stereocenters. The van der Waals surface area contributed by atoms with E-state index in [0.717, 1.165) is 33.8 Å². The second kappa shape index (κ2) is 9.24. The zero-order valence-electron chi connectivity index (χ0n) is 19.4. The third kappa shape index (κ3) is 4.18. The average molecular weight is 492 g/mol. The Balaban J connectivity index is 1.43. The van der Waals surface area contributed by atoms with Crippen molar-refractivity contribution in [3.05, 3.63) is 123 Å². The van der Waals surface area contributed by atoms with Gasteiger partial charge in [0.05, 0.1) is 17.3 Å².